The van der Waals surface area contributed by atoms with Gasteiger partial charge < -0.3 is 0 Å². The second-order valence-electron chi connectivity index (χ2n) is 1.37. The van der Waals surface area contributed by atoms with Crippen molar-refractivity contribution in [1.82, 2.24) is 10.4 Å². The molecule has 0 unspecified atom stereocenters. The number of nitrogens with zero attached hydrogens (tertiary/aromatic N) is 1. The summed E-state index contributed by atoms with van der Waals surface area (Å²) in [6, 6.07) is 0. The summed E-state index contributed by atoms with van der Waals surface area (Å²) < 4.78 is 0. The molecule has 0 fully saturated rings. The van der Waals surface area contributed by atoms with Crippen molar-refractivity contribution in [2.24, 2.45) is 0 Å². The SMILES string of the molecule is CC.CNN(C)C(C)=N. The molecule has 0 bridgehead atoms. The third-order valence-electron chi connectivity index (χ3n) is 0.839. The lowest BCUT2D eigenvalue weighted by Crippen LogP contribution is -2.34. The summed E-state index contributed by atoms with van der Waals surface area (Å²) in [5.41, 5.74) is 2.77. The van der Waals surface area contributed by atoms with Gasteiger partial charge in [-0.25, -0.2) is 5.43 Å². The number of amidine groups is 1. The van der Waals surface area contributed by atoms with Gasteiger partial charge in [0.25, 0.3) is 0 Å². The fourth-order valence-electron chi connectivity index (χ4n) is 0.168. The lowest BCUT2D eigenvalue weighted by atomic mass is 10.7. The molecule has 0 aliphatic carbocycles. The van der Waals surface area contributed by atoms with Gasteiger partial charge in [-0.05, 0) is 6.92 Å². The Balaban J connectivity index is 0. The zero-order chi connectivity index (χ0) is 7.86. The molecule has 3 heteroatoms. The van der Waals surface area contributed by atoms with Gasteiger partial charge in [0.2, 0.25) is 0 Å². The Morgan fingerprint density at radius 3 is 1.78 bits per heavy atom. The average Bonchev–Trinajstić information content (AvgIpc) is 1.91. The van der Waals surface area contributed by atoms with E-state index in [0.717, 1.165) is 0 Å². The van der Waals surface area contributed by atoms with E-state index in [-0.39, 0.29) is 0 Å². The molecule has 0 spiro atoms. The van der Waals surface area contributed by atoms with E-state index in [4.69, 9.17) is 5.41 Å². The third kappa shape index (κ3) is 7.43. The van der Waals surface area contributed by atoms with Gasteiger partial charge in [-0.15, -0.1) is 0 Å². The van der Waals surface area contributed by atoms with Gasteiger partial charge in [0, 0.05) is 14.1 Å². The molecule has 0 aliphatic heterocycles. The largest absolute Gasteiger partial charge is 0.300 e. The highest BCUT2D eigenvalue weighted by molar-refractivity contribution is 5.75. The van der Waals surface area contributed by atoms with Gasteiger partial charge in [0.05, 0.1) is 0 Å². The minimum atomic E-state index is 0.516. The number of hydrogen-bond donors (Lipinski definition) is 2. The highest BCUT2D eigenvalue weighted by Crippen LogP contribution is 1.71. The number of nitrogens with one attached hydrogen (secondary N) is 2. The van der Waals surface area contributed by atoms with E-state index in [9.17, 15) is 0 Å². The molecule has 0 aliphatic rings. The Labute approximate surface area is 57.5 Å². The topological polar surface area (TPSA) is 39.1 Å². The Kier molecular flexibility index (Phi) is 9.29. The highest BCUT2D eigenvalue weighted by Gasteiger charge is 1.88. The van der Waals surface area contributed by atoms with Crippen molar-refractivity contribution in [2.45, 2.75) is 20.8 Å². The molecule has 0 rings (SSSR count). The lowest BCUT2D eigenvalue weighted by molar-refractivity contribution is 0.404. The van der Waals surface area contributed by atoms with Crippen molar-refractivity contribution < 1.29 is 0 Å². The Morgan fingerprint density at radius 2 is 1.78 bits per heavy atom. The number of hydrogen-bond acceptors (Lipinski definition) is 2. The maximum absolute atomic E-state index is 6.96. The Morgan fingerprint density at radius 1 is 1.44 bits per heavy atom. The van der Waals surface area contributed by atoms with Crippen molar-refractivity contribution in [3.63, 3.8) is 0 Å². The van der Waals surface area contributed by atoms with Gasteiger partial charge in [-0.1, -0.05) is 13.8 Å². The highest BCUT2D eigenvalue weighted by atomic mass is 15.5. The zero-order valence-electron chi connectivity index (χ0n) is 6.95. The van der Waals surface area contributed by atoms with Gasteiger partial charge in [-0.2, -0.15) is 0 Å². The van der Waals surface area contributed by atoms with Crippen LogP contribution < -0.4 is 5.43 Å². The standard InChI is InChI=1S/C4H11N3.C2H6/c1-4(5)7(3)6-2;1-2/h5-6H,1-3H3;1-2H3. The summed E-state index contributed by atoms with van der Waals surface area (Å²) in [6.07, 6.45) is 0. The molecular formula is C6H17N3. The normalized spacial score (nSPS) is 7.22. The van der Waals surface area contributed by atoms with Crippen molar-refractivity contribution >= 4 is 5.84 Å². The molecule has 0 aromatic carbocycles. The third-order valence-corrected chi connectivity index (χ3v) is 0.839. The first kappa shape index (κ1) is 11.3. The summed E-state index contributed by atoms with van der Waals surface area (Å²) in [4.78, 5) is 0. The van der Waals surface area contributed by atoms with E-state index in [0.29, 0.717) is 5.84 Å². The predicted octanol–water partition coefficient (Wildman–Crippen LogP) is 1.08. The van der Waals surface area contributed by atoms with E-state index in [1.54, 1.807) is 26.0 Å². The Hall–Kier alpha value is -0.570. The molecule has 0 heterocycles. The molecule has 9 heavy (non-hydrogen) atoms. The van der Waals surface area contributed by atoms with E-state index < -0.39 is 0 Å². The van der Waals surface area contributed by atoms with Crippen LogP contribution in [0.1, 0.15) is 20.8 Å². The van der Waals surface area contributed by atoms with Crippen LogP contribution in [-0.2, 0) is 0 Å². The van der Waals surface area contributed by atoms with Crippen LogP contribution in [0, 0.1) is 5.41 Å². The van der Waals surface area contributed by atoms with Gasteiger partial charge in [0.1, 0.15) is 5.84 Å². The van der Waals surface area contributed by atoms with Crippen molar-refractivity contribution in [3.8, 4) is 0 Å². The van der Waals surface area contributed by atoms with Crippen LogP contribution in [0.2, 0.25) is 0 Å². The van der Waals surface area contributed by atoms with E-state index >= 15 is 0 Å². The molecule has 0 aromatic heterocycles. The van der Waals surface area contributed by atoms with Gasteiger partial charge >= 0.3 is 0 Å². The van der Waals surface area contributed by atoms with E-state index in [2.05, 4.69) is 5.43 Å². The quantitative estimate of drug-likeness (QED) is 0.317. The number of hydrazine groups is 1. The molecule has 56 valence electrons. The maximum Gasteiger partial charge on any atom is 0.107 e. The molecule has 3 nitrogen and oxygen atoms in total. The minimum Gasteiger partial charge on any atom is -0.300 e. The molecule has 0 aromatic rings. The van der Waals surface area contributed by atoms with Crippen LogP contribution in [0.3, 0.4) is 0 Å². The zero-order valence-corrected chi connectivity index (χ0v) is 6.95. The van der Waals surface area contributed by atoms with E-state index in [1.165, 1.54) is 0 Å². The summed E-state index contributed by atoms with van der Waals surface area (Å²) in [7, 11) is 3.57. The second-order valence-corrected chi connectivity index (χ2v) is 1.37. The van der Waals surface area contributed by atoms with E-state index in [1.807, 2.05) is 13.8 Å². The molecule has 0 amide bonds. The van der Waals surface area contributed by atoms with Crippen LogP contribution in [0.5, 0.6) is 0 Å². The summed E-state index contributed by atoms with van der Waals surface area (Å²) in [5.74, 6) is 0.516. The maximum atomic E-state index is 6.96. The smallest absolute Gasteiger partial charge is 0.107 e. The van der Waals surface area contributed by atoms with Gasteiger partial charge in [-0.3, -0.25) is 10.4 Å². The predicted molar refractivity (Wildman–Crippen MR) is 41.6 cm³/mol. The summed E-state index contributed by atoms with van der Waals surface area (Å²) >= 11 is 0. The Bertz CT molecular complexity index is 70.7. The fraction of sp³-hybridized carbons (Fsp3) is 0.833. The molecule has 2 N–H and O–H groups in total. The number of rotatable bonds is 1. The monoisotopic (exact) mass is 131 g/mol. The van der Waals surface area contributed by atoms with Crippen molar-refractivity contribution in [1.29, 1.82) is 5.41 Å². The fourth-order valence-corrected chi connectivity index (χ4v) is 0.168. The molecular weight excluding hydrogens is 114 g/mol. The minimum absolute atomic E-state index is 0.516. The lowest BCUT2D eigenvalue weighted by Gasteiger charge is -2.13. The van der Waals surface area contributed by atoms with Crippen LogP contribution in [0.15, 0.2) is 0 Å². The molecule has 0 saturated heterocycles. The molecule has 0 atom stereocenters. The van der Waals surface area contributed by atoms with Crippen molar-refractivity contribution in [2.75, 3.05) is 14.1 Å². The first-order valence-corrected chi connectivity index (χ1v) is 3.14. The first-order valence-electron chi connectivity index (χ1n) is 3.14. The van der Waals surface area contributed by atoms with Crippen LogP contribution in [0.25, 0.3) is 0 Å². The van der Waals surface area contributed by atoms with Crippen molar-refractivity contribution in [3.05, 3.63) is 0 Å². The second kappa shape index (κ2) is 7.43. The summed E-state index contributed by atoms with van der Waals surface area (Å²) in [6.45, 7) is 5.72. The average molecular weight is 131 g/mol. The first-order chi connectivity index (χ1) is 4.18. The molecule has 0 saturated carbocycles. The van der Waals surface area contributed by atoms with Crippen LogP contribution >= 0.6 is 0 Å². The van der Waals surface area contributed by atoms with Gasteiger partial charge in [0.15, 0.2) is 0 Å². The molecule has 0 radical (unpaired) electrons. The summed E-state index contributed by atoms with van der Waals surface area (Å²) in [5, 5.41) is 8.59. The van der Waals surface area contributed by atoms with Crippen LogP contribution in [0.4, 0.5) is 0 Å². The van der Waals surface area contributed by atoms with Crippen LogP contribution in [-0.4, -0.2) is 24.9 Å².